The minimum Gasteiger partial charge on any atom is -0.494 e. The van der Waals surface area contributed by atoms with Gasteiger partial charge in [-0.1, -0.05) is 0 Å². The van der Waals surface area contributed by atoms with Gasteiger partial charge in [-0.3, -0.25) is 9.69 Å². The maximum Gasteiger partial charge on any atom is 0.284 e. The first-order chi connectivity index (χ1) is 21.3. The number of likely N-dealkylation sites (tertiary alicyclic amines) is 1. The molecule has 1 atom stereocenters. The number of methoxy groups -OCH3 is 2. The molecule has 1 fully saturated rings. The van der Waals surface area contributed by atoms with Gasteiger partial charge in [0.05, 0.1) is 46.8 Å². The lowest BCUT2D eigenvalue weighted by molar-refractivity contribution is -0.114. The lowest BCUT2D eigenvalue weighted by Crippen LogP contribution is -2.24. The van der Waals surface area contributed by atoms with E-state index in [-0.39, 0.29) is 11.7 Å². The minimum absolute atomic E-state index is 0.111. The number of thiazole rings is 1. The van der Waals surface area contributed by atoms with E-state index < -0.39 is 11.7 Å². The fourth-order valence-corrected chi connectivity index (χ4v) is 5.88. The molecule has 3 aromatic carbocycles. The first kappa shape index (κ1) is 29.3. The standard InChI is InChI=1S/C32H31FN6O4S/c1-18-10-24(29(42-4)15-27(18)43-20-7-8-30-26(12-20)36-17-44-30)37-31-21-13-25(28(41-3)14-23(21)34-16-35-31)38-32(40)22(33)11-19-6-5-9-39(19)2/h7-8,10-17,19H,5-6,9H2,1-4H3,(H,38,40)(H,34,35,37)/b22-11+/t19-/m1/s1. The number of nitrogens with one attached hydrogen (secondary N) is 2. The van der Waals surface area contributed by atoms with Crippen molar-refractivity contribution in [2.75, 3.05) is 38.4 Å². The average Bonchev–Trinajstić information content (AvgIpc) is 3.66. The molecule has 0 saturated carbocycles. The van der Waals surface area contributed by atoms with Gasteiger partial charge in [0.2, 0.25) is 0 Å². The summed E-state index contributed by atoms with van der Waals surface area (Å²) < 4.78 is 33.4. The number of likely N-dealkylation sites (N-methyl/N-ethyl adjacent to an activating group) is 1. The van der Waals surface area contributed by atoms with Gasteiger partial charge in [0, 0.05) is 29.6 Å². The SMILES string of the molecule is COc1cc2ncnc(Nc3cc(C)c(Oc4ccc5scnc5c4)cc3OC)c2cc1NC(=O)/C(F)=C\[C@H]1CCCN1C. The van der Waals surface area contributed by atoms with Gasteiger partial charge < -0.3 is 24.8 Å². The van der Waals surface area contributed by atoms with Crippen molar-refractivity contribution in [1.82, 2.24) is 19.9 Å². The zero-order valence-corrected chi connectivity index (χ0v) is 25.5. The normalized spacial score (nSPS) is 15.5. The zero-order valence-electron chi connectivity index (χ0n) is 24.7. The molecule has 1 saturated heterocycles. The summed E-state index contributed by atoms with van der Waals surface area (Å²) in [5.41, 5.74) is 5.03. The lowest BCUT2D eigenvalue weighted by atomic mass is 10.1. The van der Waals surface area contributed by atoms with E-state index in [4.69, 9.17) is 14.2 Å². The molecule has 0 spiro atoms. The smallest absolute Gasteiger partial charge is 0.284 e. The molecule has 6 rings (SSSR count). The van der Waals surface area contributed by atoms with Crippen LogP contribution in [0.15, 0.2) is 66.2 Å². The Morgan fingerprint density at radius 1 is 1.02 bits per heavy atom. The summed E-state index contributed by atoms with van der Waals surface area (Å²) in [6.45, 7) is 2.80. The quantitative estimate of drug-likeness (QED) is 0.170. The van der Waals surface area contributed by atoms with E-state index in [9.17, 15) is 9.18 Å². The van der Waals surface area contributed by atoms with E-state index in [1.54, 1.807) is 42.2 Å². The highest BCUT2D eigenvalue weighted by molar-refractivity contribution is 7.16. The molecule has 2 aromatic heterocycles. The summed E-state index contributed by atoms with van der Waals surface area (Å²) in [6.07, 6.45) is 4.56. The van der Waals surface area contributed by atoms with Gasteiger partial charge in [-0.15, -0.1) is 11.3 Å². The third kappa shape index (κ3) is 5.99. The number of benzene rings is 3. The number of rotatable bonds is 9. The van der Waals surface area contributed by atoms with Crippen molar-refractivity contribution in [1.29, 1.82) is 0 Å². The van der Waals surface area contributed by atoms with E-state index in [0.29, 0.717) is 45.4 Å². The highest BCUT2D eigenvalue weighted by Crippen LogP contribution is 2.39. The van der Waals surface area contributed by atoms with E-state index in [2.05, 4.69) is 25.6 Å². The van der Waals surface area contributed by atoms with Crippen LogP contribution in [0, 0.1) is 6.92 Å². The molecule has 226 valence electrons. The van der Waals surface area contributed by atoms with Crippen LogP contribution in [-0.4, -0.2) is 59.6 Å². The van der Waals surface area contributed by atoms with Crippen LogP contribution in [-0.2, 0) is 4.79 Å². The molecule has 0 unspecified atom stereocenters. The molecule has 0 aliphatic carbocycles. The number of hydrogen-bond acceptors (Lipinski definition) is 10. The second-order valence-electron chi connectivity index (χ2n) is 10.5. The van der Waals surface area contributed by atoms with Crippen LogP contribution >= 0.6 is 11.3 Å². The zero-order chi connectivity index (χ0) is 30.8. The third-order valence-corrected chi connectivity index (χ3v) is 8.43. The van der Waals surface area contributed by atoms with Crippen molar-refractivity contribution >= 4 is 55.6 Å². The highest BCUT2D eigenvalue weighted by atomic mass is 32.1. The van der Waals surface area contributed by atoms with Crippen LogP contribution in [0.3, 0.4) is 0 Å². The van der Waals surface area contributed by atoms with Crippen molar-refractivity contribution in [3.8, 4) is 23.0 Å². The first-order valence-electron chi connectivity index (χ1n) is 14.0. The number of aryl methyl sites for hydroxylation is 1. The van der Waals surface area contributed by atoms with E-state index in [1.165, 1.54) is 19.5 Å². The Bertz CT molecular complexity index is 1890. The molecule has 5 aromatic rings. The number of hydrogen-bond donors (Lipinski definition) is 2. The van der Waals surface area contributed by atoms with E-state index in [1.807, 2.05) is 43.1 Å². The lowest BCUT2D eigenvalue weighted by Gasteiger charge is -2.17. The first-order valence-corrected chi connectivity index (χ1v) is 14.9. The number of halogens is 1. The van der Waals surface area contributed by atoms with Gasteiger partial charge in [-0.2, -0.15) is 0 Å². The predicted octanol–water partition coefficient (Wildman–Crippen LogP) is 6.99. The summed E-state index contributed by atoms with van der Waals surface area (Å²) in [5, 5.41) is 6.56. The topological polar surface area (TPSA) is 111 Å². The fraction of sp³-hybridized carbons (Fsp3) is 0.250. The molecule has 1 aliphatic heterocycles. The van der Waals surface area contributed by atoms with Crippen LogP contribution < -0.4 is 24.8 Å². The largest absolute Gasteiger partial charge is 0.494 e. The number of fused-ring (bicyclic) bond motifs is 2. The molecule has 10 nitrogen and oxygen atoms in total. The number of amides is 1. The number of carbonyl (C=O) groups excluding carboxylic acids is 1. The summed E-state index contributed by atoms with van der Waals surface area (Å²) in [7, 11) is 4.96. The monoisotopic (exact) mass is 614 g/mol. The van der Waals surface area contributed by atoms with Crippen molar-refractivity contribution < 1.29 is 23.4 Å². The highest BCUT2D eigenvalue weighted by Gasteiger charge is 2.22. The summed E-state index contributed by atoms with van der Waals surface area (Å²) in [5.74, 6) is 0.922. The van der Waals surface area contributed by atoms with Gasteiger partial charge in [-0.05, 0) is 69.3 Å². The van der Waals surface area contributed by atoms with Crippen molar-refractivity contribution in [2.45, 2.75) is 25.8 Å². The van der Waals surface area contributed by atoms with Crippen molar-refractivity contribution in [3.05, 3.63) is 71.8 Å². The molecular formula is C32H31FN6O4S. The molecule has 1 aliphatic rings. The number of aromatic nitrogens is 3. The maximum atomic E-state index is 14.9. The number of ether oxygens (including phenoxy) is 3. The summed E-state index contributed by atoms with van der Waals surface area (Å²) in [6, 6.07) is 12.7. The fourth-order valence-electron chi connectivity index (χ4n) is 5.22. The van der Waals surface area contributed by atoms with Crippen LogP contribution in [0.2, 0.25) is 0 Å². The van der Waals surface area contributed by atoms with Gasteiger partial charge in [0.1, 0.15) is 35.1 Å². The Balaban J connectivity index is 1.28. The summed E-state index contributed by atoms with van der Waals surface area (Å²) in [4.78, 5) is 28.0. The second kappa shape index (κ2) is 12.4. The Morgan fingerprint density at radius 3 is 2.61 bits per heavy atom. The maximum absolute atomic E-state index is 14.9. The Labute approximate surface area is 257 Å². The molecule has 3 heterocycles. The summed E-state index contributed by atoms with van der Waals surface area (Å²) >= 11 is 1.57. The van der Waals surface area contributed by atoms with E-state index >= 15 is 0 Å². The van der Waals surface area contributed by atoms with Crippen molar-refractivity contribution in [3.63, 3.8) is 0 Å². The Hall–Kier alpha value is -4.81. The molecule has 1 amide bonds. The minimum atomic E-state index is -0.851. The Morgan fingerprint density at radius 2 is 1.84 bits per heavy atom. The molecule has 0 bridgehead atoms. The number of anilines is 3. The average molecular weight is 615 g/mol. The second-order valence-corrected chi connectivity index (χ2v) is 11.4. The van der Waals surface area contributed by atoms with Gasteiger partial charge >= 0.3 is 0 Å². The molecular weight excluding hydrogens is 583 g/mol. The van der Waals surface area contributed by atoms with Crippen molar-refractivity contribution in [2.24, 2.45) is 0 Å². The van der Waals surface area contributed by atoms with Crippen LogP contribution in [0.1, 0.15) is 18.4 Å². The van der Waals surface area contributed by atoms with Crippen LogP contribution in [0.4, 0.5) is 21.6 Å². The Kier molecular flexibility index (Phi) is 8.27. The van der Waals surface area contributed by atoms with Gasteiger partial charge in [0.15, 0.2) is 5.83 Å². The molecule has 44 heavy (non-hydrogen) atoms. The molecule has 12 heteroatoms. The number of carbonyl (C=O) groups is 1. The van der Waals surface area contributed by atoms with Gasteiger partial charge in [-0.25, -0.2) is 19.3 Å². The molecule has 0 radical (unpaired) electrons. The van der Waals surface area contributed by atoms with Crippen LogP contribution in [0.5, 0.6) is 23.0 Å². The predicted molar refractivity (Wildman–Crippen MR) is 170 cm³/mol. The third-order valence-electron chi connectivity index (χ3n) is 7.62. The van der Waals surface area contributed by atoms with Crippen LogP contribution in [0.25, 0.3) is 21.1 Å². The van der Waals surface area contributed by atoms with E-state index in [0.717, 1.165) is 35.2 Å². The van der Waals surface area contributed by atoms with Gasteiger partial charge in [0.25, 0.3) is 5.91 Å². The molecule has 2 N–H and O–H groups in total. The number of nitrogens with zero attached hydrogens (tertiary/aromatic N) is 4.